The molecule has 2 aliphatic rings. The summed E-state index contributed by atoms with van der Waals surface area (Å²) in [7, 11) is 3.99. The van der Waals surface area contributed by atoms with Crippen molar-refractivity contribution in [3.8, 4) is 17.0 Å². The van der Waals surface area contributed by atoms with E-state index in [0.29, 0.717) is 65.7 Å². The number of benzene rings is 2. The molecule has 1 aliphatic carbocycles. The first-order chi connectivity index (χ1) is 23.3. The SMILES string of the molecule is COc1ccc(Cn2nc3nc(N4CCC5(CC4)C[C@H](O)C[C@H]5NS(=O)C(C)(C)C)n(C)c(=O)c3c2-c2ccc3nn(C)cc3c2Cl)cc1. The molecule has 3 aromatic heterocycles. The van der Waals surface area contributed by atoms with Gasteiger partial charge in [-0.15, -0.1) is 0 Å². The third-order valence-corrected chi connectivity index (χ3v) is 12.2. The van der Waals surface area contributed by atoms with E-state index in [0.717, 1.165) is 35.1 Å². The molecule has 0 amide bonds. The van der Waals surface area contributed by atoms with Crippen LogP contribution in [0.25, 0.3) is 33.2 Å². The summed E-state index contributed by atoms with van der Waals surface area (Å²) in [5.41, 5.74) is 2.95. The highest BCUT2D eigenvalue weighted by Gasteiger charge is 2.49. The Bertz CT molecular complexity index is 2130. The van der Waals surface area contributed by atoms with E-state index in [1.165, 1.54) is 0 Å². The molecule has 1 saturated carbocycles. The maximum absolute atomic E-state index is 14.4. The number of halogens is 1. The van der Waals surface area contributed by atoms with Crippen LogP contribution in [0.3, 0.4) is 0 Å². The fourth-order valence-corrected chi connectivity index (χ4v) is 8.75. The number of anilines is 1. The summed E-state index contributed by atoms with van der Waals surface area (Å²) in [6, 6.07) is 11.5. The van der Waals surface area contributed by atoms with Gasteiger partial charge >= 0.3 is 0 Å². The standard InChI is InChI=1S/C35H43ClN8O4S/c1-34(2,3)49(47)40-27-17-22(45)18-35(27)13-15-43(16-14-35)33-37-31-28(32(46)42(33)5)30(24-11-12-26-25(29(24)36)20-41(4)38-26)44(39-31)19-21-7-9-23(48-6)10-8-21/h7-12,20,22,27,40,45H,13-19H2,1-6H3/t22-,27-,49?/m1/s1. The average molecular weight is 707 g/mol. The molecule has 14 heteroatoms. The van der Waals surface area contributed by atoms with Crippen LogP contribution in [0.2, 0.25) is 5.02 Å². The van der Waals surface area contributed by atoms with Gasteiger partial charge in [0.1, 0.15) is 11.1 Å². The van der Waals surface area contributed by atoms with Crippen LogP contribution in [0.5, 0.6) is 5.75 Å². The summed E-state index contributed by atoms with van der Waals surface area (Å²) in [6.45, 7) is 7.52. The summed E-state index contributed by atoms with van der Waals surface area (Å²) >= 11 is 7.05. The molecule has 3 atom stereocenters. The number of nitrogens with zero attached hydrogens (tertiary/aromatic N) is 7. The van der Waals surface area contributed by atoms with Gasteiger partial charge in [-0.2, -0.15) is 15.2 Å². The minimum absolute atomic E-state index is 0.0536. The Labute approximate surface area is 292 Å². The summed E-state index contributed by atoms with van der Waals surface area (Å²) in [5, 5.41) is 21.8. The zero-order chi connectivity index (χ0) is 34.8. The molecule has 0 radical (unpaired) electrons. The zero-order valence-electron chi connectivity index (χ0n) is 28.7. The van der Waals surface area contributed by atoms with Crippen molar-refractivity contribution in [2.24, 2.45) is 19.5 Å². The molecular weight excluding hydrogens is 664 g/mol. The Morgan fingerprint density at radius 3 is 2.49 bits per heavy atom. The van der Waals surface area contributed by atoms with Gasteiger partial charge in [-0.25, -0.2) is 8.93 Å². The predicted octanol–water partition coefficient (Wildman–Crippen LogP) is 4.56. The van der Waals surface area contributed by atoms with Crippen molar-refractivity contribution in [1.82, 2.24) is 33.8 Å². The number of nitrogens with one attached hydrogen (secondary N) is 1. The van der Waals surface area contributed by atoms with E-state index in [1.54, 1.807) is 23.4 Å². The van der Waals surface area contributed by atoms with E-state index in [9.17, 15) is 14.1 Å². The maximum atomic E-state index is 14.4. The molecule has 12 nitrogen and oxygen atoms in total. The second kappa shape index (κ2) is 12.5. The molecule has 1 aliphatic heterocycles. The van der Waals surface area contributed by atoms with E-state index in [4.69, 9.17) is 26.4 Å². The van der Waals surface area contributed by atoms with E-state index in [-0.39, 0.29) is 17.0 Å². The highest BCUT2D eigenvalue weighted by molar-refractivity contribution is 7.84. The number of aromatic nitrogens is 6. The largest absolute Gasteiger partial charge is 0.497 e. The molecule has 2 N–H and O–H groups in total. The van der Waals surface area contributed by atoms with E-state index < -0.39 is 21.8 Å². The molecule has 0 bridgehead atoms. The Hall–Kier alpha value is -3.78. The minimum atomic E-state index is -1.24. The average Bonchev–Trinajstić information content (AvgIpc) is 3.72. The van der Waals surface area contributed by atoms with E-state index in [1.807, 2.05) is 75.1 Å². The summed E-state index contributed by atoms with van der Waals surface area (Å²) in [6.07, 6.45) is 4.21. The van der Waals surface area contributed by atoms with Crippen molar-refractivity contribution in [1.29, 1.82) is 0 Å². The number of aryl methyl sites for hydroxylation is 1. The van der Waals surface area contributed by atoms with Crippen molar-refractivity contribution in [3.63, 3.8) is 0 Å². The molecule has 1 saturated heterocycles. The van der Waals surface area contributed by atoms with Crippen LogP contribution in [0, 0.1) is 5.41 Å². The van der Waals surface area contributed by atoms with Crippen LogP contribution in [0.1, 0.15) is 52.0 Å². The first kappa shape index (κ1) is 33.7. The maximum Gasteiger partial charge on any atom is 0.266 e. The Balaban J connectivity index is 1.27. The van der Waals surface area contributed by atoms with Crippen molar-refractivity contribution in [2.75, 3.05) is 25.1 Å². The first-order valence-electron chi connectivity index (χ1n) is 16.6. The molecule has 2 fully saturated rings. The normalized spacial score (nSPS) is 20.1. The van der Waals surface area contributed by atoms with Crippen LogP contribution in [0.15, 0.2) is 47.4 Å². The fourth-order valence-electron chi connectivity index (χ4n) is 7.49. The van der Waals surface area contributed by atoms with Crippen molar-refractivity contribution in [2.45, 2.75) is 69.9 Å². The second-order valence-corrected chi connectivity index (χ2v) is 16.9. The van der Waals surface area contributed by atoms with Crippen molar-refractivity contribution < 1.29 is 14.1 Å². The number of hydrogen-bond donors (Lipinski definition) is 2. The number of aliphatic hydroxyl groups excluding tert-OH is 1. The number of hydrogen-bond acceptors (Lipinski definition) is 8. The Morgan fingerprint density at radius 2 is 1.82 bits per heavy atom. The molecule has 2 aromatic carbocycles. The monoisotopic (exact) mass is 706 g/mol. The van der Waals surface area contributed by atoms with Gasteiger partial charge in [0.25, 0.3) is 5.56 Å². The Morgan fingerprint density at radius 1 is 1.10 bits per heavy atom. The van der Waals surface area contributed by atoms with E-state index >= 15 is 0 Å². The number of piperidine rings is 1. The molecule has 49 heavy (non-hydrogen) atoms. The van der Waals surface area contributed by atoms with Crippen molar-refractivity contribution in [3.05, 3.63) is 63.5 Å². The minimum Gasteiger partial charge on any atom is -0.497 e. The molecule has 4 heterocycles. The number of aliphatic hydroxyl groups is 1. The van der Waals surface area contributed by atoms with Gasteiger partial charge in [0.05, 0.1) is 51.7 Å². The van der Waals surface area contributed by atoms with Gasteiger partial charge in [-0.3, -0.25) is 18.7 Å². The lowest BCUT2D eigenvalue weighted by Gasteiger charge is -2.44. The lowest BCUT2D eigenvalue weighted by atomic mass is 9.74. The van der Waals surface area contributed by atoms with Gasteiger partial charge in [0.15, 0.2) is 5.65 Å². The van der Waals surface area contributed by atoms with Crippen molar-refractivity contribution >= 4 is 50.5 Å². The highest BCUT2D eigenvalue weighted by atomic mass is 35.5. The van der Waals surface area contributed by atoms with Crippen LogP contribution >= 0.6 is 11.6 Å². The van der Waals surface area contributed by atoms with Gasteiger partial charge in [-0.1, -0.05) is 23.7 Å². The summed E-state index contributed by atoms with van der Waals surface area (Å²) in [5.74, 6) is 1.29. The highest BCUT2D eigenvalue weighted by Crippen LogP contribution is 2.47. The quantitative estimate of drug-likeness (QED) is 0.252. The number of ether oxygens (including phenoxy) is 1. The number of methoxy groups -OCH3 is 1. The van der Waals surface area contributed by atoms with Crippen LogP contribution < -0.4 is 19.9 Å². The van der Waals surface area contributed by atoms with Gasteiger partial charge in [0.2, 0.25) is 5.95 Å². The van der Waals surface area contributed by atoms with Gasteiger partial charge in [-0.05, 0) is 81.7 Å². The zero-order valence-corrected chi connectivity index (χ0v) is 30.3. The summed E-state index contributed by atoms with van der Waals surface area (Å²) < 4.78 is 26.5. The smallest absolute Gasteiger partial charge is 0.266 e. The molecular formula is C35H43ClN8O4S. The third kappa shape index (κ3) is 6.04. The predicted molar refractivity (Wildman–Crippen MR) is 194 cm³/mol. The van der Waals surface area contributed by atoms with E-state index in [2.05, 4.69) is 14.7 Å². The molecule has 5 aromatic rings. The molecule has 7 rings (SSSR count). The van der Waals surface area contributed by atoms with Crippen LogP contribution in [-0.4, -0.2) is 75.5 Å². The van der Waals surface area contributed by atoms with Gasteiger partial charge in [0, 0.05) is 50.4 Å². The molecule has 1 spiro atoms. The summed E-state index contributed by atoms with van der Waals surface area (Å²) in [4.78, 5) is 21.5. The fraction of sp³-hybridized carbons (Fsp3) is 0.486. The number of rotatable bonds is 7. The molecule has 260 valence electrons. The van der Waals surface area contributed by atoms with Gasteiger partial charge < -0.3 is 14.7 Å². The lowest BCUT2D eigenvalue weighted by molar-refractivity contribution is 0.139. The second-order valence-electron chi connectivity index (χ2n) is 14.5. The first-order valence-corrected chi connectivity index (χ1v) is 18.1. The van der Waals surface area contributed by atoms with Crippen LogP contribution in [-0.2, 0) is 31.6 Å². The third-order valence-electron chi connectivity index (χ3n) is 10.2. The topological polar surface area (TPSA) is 132 Å². The Kier molecular flexibility index (Phi) is 8.61. The molecule has 1 unspecified atom stereocenters. The number of fused-ring (bicyclic) bond motifs is 2. The van der Waals surface area contributed by atoms with Crippen LogP contribution in [0.4, 0.5) is 5.95 Å². The lowest BCUT2D eigenvalue weighted by Crippen LogP contribution is -2.51.